The molecule has 1 aromatic heterocycles. The zero-order valence-electron chi connectivity index (χ0n) is 17.3. The van der Waals surface area contributed by atoms with E-state index >= 15 is 0 Å². The summed E-state index contributed by atoms with van der Waals surface area (Å²) in [5.41, 5.74) is 2.96. The van der Waals surface area contributed by atoms with Crippen LogP contribution in [0.1, 0.15) is 12.0 Å². The van der Waals surface area contributed by atoms with Crippen LogP contribution < -0.4 is 4.74 Å². The van der Waals surface area contributed by atoms with Crippen molar-refractivity contribution in [1.82, 2.24) is 14.8 Å². The van der Waals surface area contributed by atoms with Crippen molar-refractivity contribution in [3.8, 4) is 22.8 Å². The molecular weight excluding hydrogens is 406 g/mol. The second kappa shape index (κ2) is 10.1. The van der Waals surface area contributed by atoms with Crippen LogP contribution in [0.2, 0.25) is 0 Å². The number of hydrogen-bond acceptors (Lipinski definition) is 5. The van der Waals surface area contributed by atoms with Gasteiger partial charge in [0.25, 0.3) is 0 Å². The lowest BCUT2D eigenvalue weighted by molar-refractivity contribution is -0.116. The van der Waals surface area contributed by atoms with Crippen molar-refractivity contribution in [2.24, 2.45) is 0 Å². The first kappa shape index (κ1) is 20.9. The Morgan fingerprint density at radius 2 is 1.58 bits per heavy atom. The molecule has 0 aliphatic rings. The third kappa shape index (κ3) is 5.03. The molecule has 0 saturated carbocycles. The molecule has 5 nitrogen and oxygen atoms in total. The molecule has 156 valence electrons. The third-order valence-electron chi connectivity index (χ3n) is 4.89. The Balaban J connectivity index is 1.57. The molecule has 0 bridgehead atoms. The molecule has 3 aromatic carbocycles. The molecule has 1 heterocycles. The maximum atomic E-state index is 12.5. The number of thioether (sulfide) groups is 1. The van der Waals surface area contributed by atoms with E-state index < -0.39 is 0 Å². The highest BCUT2D eigenvalue weighted by molar-refractivity contribution is 7.99. The molecule has 0 aliphatic heterocycles. The largest absolute Gasteiger partial charge is 0.495 e. The van der Waals surface area contributed by atoms with Crippen LogP contribution >= 0.6 is 11.8 Å². The van der Waals surface area contributed by atoms with Crippen LogP contribution in [0.4, 0.5) is 0 Å². The lowest BCUT2D eigenvalue weighted by Crippen LogP contribution is -2.06. The van der Waals surface area contributed by atoms with Gasteiger partial charge in [0.05, 0.1) is 18.6 Å². The van der Waals surface area contributed by atoms with Crippen molar-refractivity contribution >= 4 is 17.5 Å². The monoisotopic (exact) mass is 429 g/mol. The minimum atomic E-state index is 0.185. The van der Waals surface area contributed by atoms with Gasteiger partial charge in [-0.05, 0) is 24.1 Å². The number of aromatic nitrogens is 3. The average molecular weight is 430 g/mol. The number of nitrogens with zero attached hydrogens (tertiary/aromatic N) is 3. The SMILES string of the molecule is COc1ccccc1-n1c(SCC(=O)CCc2ccccc2)nnc1-c1ccccc1. The van der Waals surface area contributed by atoms with E-state index in [0.29, 0.717) is 23.2 Å². The fourth-order valence-corrected chi connectivity index (χ4v) is 4.16. The van der Waals surface area contributed by atoms with Crippen LogP contribution in [0, 0.1) is 0 Å². The number of ketones is 1. The number of ether oxygens (including phenoxy) is 1. The molecule has 0 radical (unpaired) electrons. The fourth-order valence-electron chi connectivity index (χ4n) is 3.31. The lowest BCUT2D eigenvalue weighted by Gasteiger charge is -2.13. The first-order chi connectivity index (χ1) is 15.3. The van der Waals surface area contributed by atoms with Gasteiger partial charge in [0.15, 0.2) is 11.0 Å². The van der Waals surface area contributed by atoms with Crippen LogP contribution in [-0.4, -0.2) is 33.4 Å². The van der Waals surface area contributed by atoms with Gasteiger partial charge in [-0.25, -0.2) is 0 Å². The second-order valence-corrected chi connectivity index (χ2v) is 7.93. The number of aryl methyl sites for hydroxylation is 1. The van der Waals surface area contributed by atoms with E-state index in [1.807, 2.05) is 89.5 Å². The summed E-state index contributed by atoms with van der Waals surface area (Å²) < 4.78 is 7.54. The Morgan fingerprint density at radius 1 is 0.903 bits per heavy atom. The molecule has 6 heteroatoms. The van der Waals surface area contributed by atoms with E-state index in [4.69, 9.17) is 4.74 Å². The normalized spacial score (nSPS) is 10.7. The molecule has 4 rings (SSSR count). The Bertz CT molecular complexity index is 1140. The quantitative estimate of drug-likeness (QED) is 0.341. The van der Waals surface area contributed by atoms with Crippen molar-refractivity contribution in [2.45, 2.75) is 18.0 Å². The summed E-state index contributed by atoms with van der Waals surface area (Å²) in [4.78, 5) is 12.5. The van der Waals surface area contributed by atoms with Crippen molar-refractivity contribution in [1.29, 1.82) is 0 Å². The summed E-state index contributed by atoms with van der Waals surface area (Å²) >= 11 is 1.40. The van der Waals surface area contributed by atoms with Gasteiger partial charge < -0.3 is 4.74 Å². The highest BCUT2D eigenvalue weighted by Gasteiger charge is 2.19. The molecule has 0 N–H and O–H groups in total. The summed E-state index contributed by atoms with van der Waals surface area (Å²) in [5, 5.41) is 9.50. The van der Waals surface area contributed by atoms with Gasteiger partial charge in [0.1, 0.15) is 11.5 Å². The number of rotatable bonds is 9. The number of carbonyl (C=O) groups excluding carboxylic acids is 1. The Labute approximate surface area is 186 Å². The Hall–Kier alpha value is -3.38. The zero-order valence-corrected chi connectivity index (χ0v) is 18.1. The van der Waals surface area contributed by atoms with Crippen LogP contribution in [0.15, 0.2) is 90.1 Å². The van der Waals surface area contributed by atoms with E-state index in [1.165, 1.54) is 17.3 Å². The number of hydrogen-bond donors (Lipinski definition) is 0. The van der Waals surface area contributed by atoms with Crippen LogP contribution in [-0.2, 0) is 11.2 Å². The lowest BCUT2D eigenvalue weighted by atomic mass is 10.1. The van der Waals surface area contributed by atoms with Crippen LogP contribution in [0.5, 0.6) is 5.75 Å². The predicted octanol–water partition coefficient (Wildman–Crippen LogP) is 5.24. The van der Waals surface area contributed by atoms with Crippen LogP contribution in [0.25, 0.3) is 17.1 Å². The molecule has 0 fully saturated rings. The summed E-state index contributed by atoms with van der Waals surface area (Å²) in [6, 6.07) is 27.7. The highest BCUT2D eigenvalue weighted by Crippen LogP contribution is 2.32. The van der Waals surface area contributed by atoms with Gasteiger partial charge in [-0.15, -0.1) is 10.2 Å². The Morgan fingerprint density at radius 3 is 2.32 bits per heavy atom. The van der Waals surface area contributed by atoms with Gasteiger partial charge in [-0.1, -0.05) is 84.6 Å². The van der Waals surface area contributed by atoms with E-state index in [9.17, 15) is 4.79 Å². The topological polar surface area (TPSA) is 57.0 Å². The van der Waals surface area contributed by atoms with Gasteiger partial charge >= 0.3 is 0 Å². The molecule has 31 heavy (non-hydrogen) atoms. The molecular formula is C25H23N3O2S. The first-order valence-corrected chi connectivity index (χ1v) is 11.1. The maximum absolute atomic E-state index is 12.5. The standard InChI is InChI=1S/C25H23N3O2S/c1-30-23-15-9-8-14-22(23)28-24(20-12-6-3-7-13-20)26-27-25(28)31-18-21(29)17-16-19-10-4-2-5-11-19/h2-15H,16-18H2,1H3. The van der Waals surface area contributed by atoms with Gasteiger partial charge in [0.2, 0.25) is 0 Å². The van der Waals surface area contributed by atoms with Gasteiger partial charge in [-0.3, -0.25) is 9.36 Å². The number of methoxy groups -OCH3 is 1. The molecule has 0 unspecified atom stereocenters. The molecule has 0 atom stereocenters. The minimum absolute atomic E-state index is 0.185. The van der Waals surface area contributed by atoms with Gasteiger partial charge in [-0.2, -0.15) is 0 Å². The molecule has 0 amide bonds. The van der Waals surface area contributed by atoms with E-state index in [1.54, 1.807) is 7.11 Å². The van der Waals surface area contributed by atoms with E-state index in [0.717, 1.165) is 23.4 Å². The number of benzene rings is 3. The van der Waals surface area contributed by atoms with Crippen molar-refractivity contribution in [3.63, 3.8) is 0 Å². The molecule has 0 saturated heterocycles. The first-order valence-electron chi connectivity index (χ1n) is 10.1. The molecule has 0 spiro atoms. The Kier molecular flexibility index (Phi) is 6.79. The summed E-state index contributed by atoms with van der Waals surface area (Å²) in [6.45, 7) is 0. The van der Waals surface area contributed by atoms with E-state index in [2.05, 4.69) is 10.2 Å². The van der Waals surface area contributed by atoms with Gasteiger partial charge in [0, 0.05) is 12.0 Å². The van der Waals surface area contributed by atoms with Crippen molar-refractivity contribution in [3.05, 3.63) is 90.5 Å². The van der Waals surface area contributed by atoms with Crippen molar-refractivity contribution in [2.75, 3.05) is 12.9 Å². The number of Topliss-reactive ketones (excluding diaryl/α,β-unsaturated/α-hetero) is 1. The zero-order chi connectivity index (χ0) is 21.5. The van der Waals surface area contributed by atoms with E-state index in [-0.39, 0.29) is 5.78 Å². The van der Waals surface area contributed by atoms with Crippen LogP contribution in [0.3, 0.4) is 0 Å². The summed E-state index contributed by atoms with van der Waals surface area (Å²) in [5.74, 6) is 1.96. The molecule has 4 aromatic rings. The molecule has 0 aliphatic carbocycles. The number of carbonyl (C=O) groups is 1. The average Bonchev–Trinajstić information content (AvgIpc) is 3.26. The minimum Gasteiger partial charge on any atom is -0.495 e. The smallest absolute Gasteiger partial charge is 0.196 e. The number of para-hydroxylation sites is 2. The van der Waals surface area contributed by atoms with Crippen molar-refractivity contribution < 1.29 is 9.53 Å². The highest BCUT2D eigenvalue weighted by atomic mass is 32.2. The summed E-state index contributed by atoms with van der Waals surface area (Å²) in [6.07, 6.45) is 1.25. The fraction of sp³-hybridized carbons (Fsp3) is 0.160. The predicted molar refractivity (Wildman–Crippen MR) is 124 cm³/mol. The third-order valence-corrected chi connectivity index (χ3v) is 5.88. The summed E-state index contributed by atoms with van der Waals surface area (Å²) in [7, 11) is 1.64. The maximum Gasteiger partial charge on any atom is 0.196 e. The second-order valence-electron chi connectivity index (χ2n) is 6.99.